The van der Waals surface area contributed by atoms with Gasteiger partial charge in [-0.2, -0.15) is 5.10 Å². The van der Waals surface area contributed by atoms with Crippen LogP contribution in [0.3, 0.4) is 0 Å². The maximum atomic E-state index is 11.9. The Kier molecular flexibility index (Phi) is 4.12. The molecule has 2 rings (SSSR count). The van der Waals surface area contributed by atoms with Gasteiger partial charge in [-0.15, -0.1) is 0 Å². The zero-order valence-corrected chi connectivity index (χ0v) is 11.1. The standard InChI is InChI=1S/C13H17N5O/c1-3-14-10-5-6-12(15-7-10)13(19)17-11-8-16-18(4-2)9-11/h5-9,14H,3-4H2,1-2H3,(H,17,19). The van der Waals surface area contributed by atoms with Gasteiger partial charge in [0, 0.05) is 19.3 Å². The first-order valence-corrected chi connectivity index (χ1v) is 6.26. The van der Waals surface area contributed by atoms with E-state index in [2.05, 4.69) is 20.7 Å². The van der Waals surface area contributed by atoms with Gasteiger partial charge >= 0.3 is 0 Å². The number of carbonyl (C=O) groups excluding carboxylic acids is 1. The lowest BCUT2D eigenvalue weighted by Gasteiger charge is -2.04. The van der Waals surface area contributed by atoms with Crippen molar-refractivity contribution in [3.05, 3.63) is 36.4 Å². The fourth-order valence-corrected chi connectivity index (χ4v) is 1.63. The van der Waals surface area contributed by atoms with E-state index >= 15 is 0 Å². The van der Waals surface area contributed by atoms with E-state index in [0.29, 0.717) is 11.4 Å². The topological polar surface area (TPSA) is 71.8 Å². The van der Waals surface area contributed by atoms with Gasteiger partial charge in [0.15, 0.2) is 0 Å². The summed E-state index contributed by atoms with van der Waals surface area (Å²) in [5.41, 5.74) is 1.95. The van der Waals surface area contributed by atoms with Crippen molar-refractivity contribution >= 4 is 17.3 Å². The van der Waals surface area contributed by atoms with Crippen molar-refractivity contribution in [2.45, 2.75) is 20.4 Å². The van der Waals surface area contributed by atoms with Crippen LogP contribution in [-0.2, 0) is 6.54 Å². The average Bonchev–Trinajstić information content (AvgIpc) is 2.87. The van der Waals surface area contributed by atoms with E-state index in [-0.39, 0.29) is 5.91 Å². The molecule has 0 unspecified atom stereocenters. The van der Waals surface area contributed by atoms with Crippen LogP contribution < -0.4 is 10.6 Å². The molecule has 0 atom stereocenters. The van der Waals surface area contributed by atoms with Crippen LogP contribution in [0.5, 0.6) is 0 Å². The van der Waals surface area contributed by atoms with Gasteiger partial charge in [-0.3, -0.25) is 9.48 Å². The monoisotopic (exact) mass is 259 g/mol. The number of carbonyl (C=O) groups is 1. The first-order valence-electron chi connectivity index (χ1n) is 6.26. The van der Waals surface area contributed by atoms with Crippen LogP contribution in [0.15, 0.2) is 30.7 Å². The van der Waals surface area contributed by atoms with E-state index in [0.717, 1.165) is 18.8 Å². The Balaban J connectivity index is 2.02. The second kappa shape index (κ2) is 5.99. The highest BCUT2D eigenvalue weighted by Crippen LogP contribution is 2.09. The predicted molar refractivity (Wildman–Crippen MR) is 74.3 cm³/mol. The van der Waals surface area contributed by atoms with Crippen LogP contribution in [0.25, 0.3) is 0 Å². The number of nitrogens with zero attached hydrogens (tertiary/aromatic N) is 3. The third-order valence-corrected chi connectivity index (χ3v) is 2.59. The van der Waals surface area contributed by atoms with Gasteiger partial charge in [0.05, 0.1) is 23.8 Å². The van der Waals surface area contributed by atoms with E-state index in [1.165, 1.54) is 0 Å². The van der Waals surface area contributed by atoms with Crippen LogP contribution in [0, 0.1) is 0 Å². The third kappa shape index (κ3) is 3.31. The second-order valence-corrected chi connectivity index (χ2v) is 4.00. The SMILES string of the molecule is CCNc1ccc(C(=O)Nc2cnn(CC)c2)nc1. The zero-order valence-electron chi connectivity index (χ0n) is 11.1. The summed E-state index contributed by atoms with van der Waals surface area (Å²) in [6.45, 7) is 5.58. The smallest absolute Gasteiger partial charge is 0.274 e. The van der Waals surface area contributed by atoms with Crippen LogP contribution in [0.1, 0.15) is 24.3 Å². The number of amides is 1. The lowest BCUT2D eigenvalue weighted by molar-refractivity contribution is 0.102. The Morgan fingerprint density at radius 3 is 2.68 bits per heavy atom. The summed E-state index contributed by atoms with van der Waals surface area (Å²) in [7, 11) is 0. The van der Waals surface area contributed by atoms with Crippen molar-refractivity contribution in [1.82, 2.24) is 14.8 Å². The van der Waals surface area contributed by atoms with Gasteiger partial charge < -0.3 is 10.6 Å². The molecule has 19 heavy (non-hydrogen) atoms. The van der Waals surface area contributed by atoms with E-state index < -0.39 is 0 Å². The summed E-state index contributed by atoms with van der Waals surface area (Å²) in [5, 5.41) is 9.98. The molecular weight excluding hydrogens is 242 g/mol. The molecule has 0 fully saturated rings. The maximum absolute atomic E-state index is 11.9. The molecule has 0 saturated carbocycles. The molecule has 0 aliphatic heterocycles. The number of hydrogen-bond donors (Lipinski definition) is 2. The van der Waals surface area contributed by atoms with Crippen LogP contribution >= 0.6 is 0 Å². The minimum Gasteiger partial charge on any atom is -0.384 e. The quantitative estimate of drug-likeness (QED) is 0.861. The molecule has 100 valence electrons. The molecule has 0 bridgehead atoms. The summed E-state index contributed by atoms with van der Waals surface area (Å²) in [5.74, 6) is -0.237. The molecule has 0 spiro atoms. The minimum atomic E-state index is -0.237. The first kappa shape index (κ1) is 13.1. The molecule has 0 aliphatic rings. The highest BCUT2D eigenvalue weighted by molar-refractivity contribution is 6.02. The number of nitrogens with one attached hydrogen (secondary N) is 2. The summed E-state index contributed by atoms with van der Waals surface area (Å²) < 4.78 is 1.75. The largest absolute Gasteiger partial charge is 0.384 e. The van der Waals surface area contributed by atoms with E-state index in [1.807, 2.05) is 19.9 Å². The van der Waals surface area contributed by atoms with Crippen molar-refractivity contribution in [3.63, 3.8) is 0 Å². The molecule has 0 aliphatic carbocycles. The molecule has 2 aromatic rings. The third-order valence-electron chi connectivity index (χ3n) is 2.59. The Morgan fingerprint density at radius 1 is 1.26 bits per heavy atom. The number of rotatable bonds is 5. The number of aryl methyl sites for hydroxylation is 1. The Labute approximate surface area is 111 Å². The molecule has 0 aromatic carbocycles. The Hall–Kier alpha value is -2.37. The molecule has 2 heterocycles. The maximum Gasteiger partial charge on any atom is 0.274 e. The van der Waals surface area contributed by atoms with Gasteiger partial charge in [-0.05, 0) is 26.0 Å². The van der Waals surface area contributed by atoms with Crippen molar-refractivity contribution in [1.29, 1.82) is 0 Å². The van der Waals surface area contributed by atoms with Gasteiger partial charge in [-0.25, -0.2) is 4.98 Å². The summed E-state index contributed by atoms with van der Waals surface area (Å²) in [6, 6.07) is 3.53. The van der Waals surface area contributed by atoms with Crippen LogP contribution in [-0.4, -0.2) is 27.2 Å². The molecule has 6 heteroatoms. The van der Waals surface area contributed by atoms with Gasteiger partial charge in [-0.1, -0.05) is 0 Å². The molecular formula is C13H17N5O. The number of aromatic nitrogens is 3. The van der Waals surface area contributed by atoms with Crippen LogP contribution in [0.2, 0.25) is 0 Å². The number of hydrogen-bond acceptors (Lipinski definition) is 4. The number of anilines is 2. The molecule has 0 radical (unpaired) electrons. The van der Waals surface area contributed by atoms with Crippen molar-refractivity contribution in [2.75, 3.05) is 17.2 Å². The van der Waals surface area contributed by atoms with E-state index in [1.54, 1.807) is 29.3 Å². The minimum absolute atomic E-state index is 0.237. The lowest BCUT2D eigenvalue weighted by atomic mass is 10.3. The van der Waals surface area contributed by atoms with Gasteiger partial charge in [0.2, 0.25) is 0 Å². The first-order chi connectivity index (χ1) is 9.22. The van der Waals surface area contributed by atoms with Gasteiger partial charge in [0.25, 0.3) is 5.91 Å². The fraction of sp³-hybridized carbons (Fsp3) is 0.308. The molecule has 2 N–H and O–H groups in total. The lowest BCUT2D eigenvalue weighted by Crippen LogP contribution is -2.13. The average molecular weight is 259 g/mol. The molecule has 6 nitrogen and oxygen atoms in total. The van der Waals surface area contributed by atoms with Crippen molar-refractivity contribution in [2.24, 2.45) is 0 Å². The Morgan fingerprint density at radius 2 is 2.11 bits per heavy atom. The summed E-state index contributed by atoms with van der Waals surface area (Å²) >= 11 is 0. The Bertz CT molecular complexity index is 546. The van der Waals surface area contributed by atoms with E-state index in [9.17, 15) is 4.79 Å². The zero-order chi connectivity index (χ0) is 13.7. The van der Waals surface area contributed by atoms with Gasteiger partial charge in [0.1, 0.15) is 5.69 Å². The highest BCUT2D eigenvalue weighted by Gasteiger charge is 2.08. The highest BCUT2D eigenvalue weighted by atomic mass is 16.1. The molecule has 1 amide bonds. The van der Waals surface area contributed by atoms with E-state index in [4.69, 9.17) is 0 Å². The molecule has 2 aromatic heterocycles. The second-order valence-electron chi connectivity index (χ2n) is 4.00. The summed E-state index contributed by atoms with van der Waals surface area (Å²) in [6.07, 6.45) is 5.05. The fourth-order valence-electron chi connectivity index (χ4n) is 1.63. The normalized spacial score (nSPS) is 10.2. The predicted octanol–water partition coefficient (Wildman–Crippen LogP) is 1.98. The number of pyridine rings is 1. The van der Waals surface area contributed by atoms with Crippen molar-refractivity contribution < 1.29 is 4.79 Å². The molecule has 0 saturated heterocycles. The van der Waals surface area contributed by atoms with Crippen molar-refractivity contribution in [3.8, 4) is 0 Å². The summed E-state index contributed by atoms with van der Waals surface area (Å²) in [4.78, 5) is 16.1. The van der Waals surface area contributed by atoms with Crippen LogP contribution in [0.4, 0.5) is 11.4 Å².